The minimum absolute atomic E-state index is 0.194. The fraction of sp³-hybridized carbons (Fsp3) is 0.300. The van der Waals surface area contributed by atoms with Crippen LogP contribution < -0.4 is 15.8 Å². The number of rotatable bonds is 7. The van der Waals surface area contributed by atoms with Crippen LogP contribution in [0.1, 0.15) is 36.5 Å². The summed E-state index contributed by atoms with van der Waals surface area (Å²) in [6.07, 6.45) is 0. The van der Waals surface area contributed by atoms with Gasteiger partial charge in [-0.15, -0.1) is 0 Å². The quantitative estimate of drug-likeness (QED) is 0.453. The summed E-state index contributed by atoms with van der Waals surface area (Å²) in [6.45, 7) is 5.91. The third kappa shape index (κ3) is 4.99. The van der Waals surface area contributed by atoms with Gasteiger partial charge in [-0.05, 0) is 48.2 Å². The second-order valence-electron chi connectivity index (χ2n) is 6.22. The first-order valence-electron chi connectivity index (χ1n) is 8.41. The zero-order valence-corrected chi connectivity index (χ0v) is 15.6. The molecule has 138 valence electrons. The molecule has 0 radical (unpaired) electrons. The summed E-state index contributed by atoms with van der Waals surface area (Å²) in [6, 6.07) is 13.0. The molecule has 6 heteroatoms. The van der Waals surface area contributed by atoms with Crippen molar-refractivity contribution in [3.8, 4) is 5.75 Å². The minimum Gasteiger partial charge on any atom is -0.497 e. The Hall–Kier alpha value is -3.02. The summed E-state index contributed by atoms with van der Waals surface area (Å²) in [7, 11) is 1.59. The van der Waals surface area contributed by atoms with Gasteiger partial charge in [0.05, 0.1) is 7.11 Å². The maximum atomic E-state index is 12.2. The van der Waals surface area contributed by atoms with Gasteiger partial charge in [0.2, 0.25) is 0 Å². The van der Waals surface area contributed by atoms with Crippen molar-refractivity contribution in [3.63, 3.8) is 0 Å². The van der Waals surface area contributed by atoms with Gasteiger partial charge in [-0.25, -0.2) is 0 Å². The lowest BCUT2D eigenvalue weighted by Crippen LogP contribution is -2.20. The van der Waals surface area contributed by atoms with E-state index in [0.717, 1.165) is 22.6 Å². The largest absolute Gasteiger partial charge is 0.497 e. The van der Waals surface area contributed by atoms with E-state index in [2.05, 4.69) is 24.3 Å². The van der Waals surface area contributed by atoms with Gasteiger partial charge in [0.1, 0.15) is 5.75 Å². The number of amidine groups is 1. The van der Waals surface area contributed by atoms with E-state index in [1.807, 2.05) is 25.1 Å². The van der Waals surface area contributed by atoms with E-state index in [-0.39, 0.29) is 18.3 Å². The number of oxime groups is 1. The molecule has 0 aliphatic carbocycles. The van der Waals surface area contributed by atoms with Gasteiger partial charge in [-0.2, -0.15) is 0 Å². The van der Waals surface area contributed by atoms with Gasteiger partial charge in [0.25, 0.3) is 5.91 Å². The van der Waals surface area contributed by atoms with E-state index in [0.29, 0.717) is 11.5 Å². The molecular weight excluding hydrogens is 330 g/mol. The Kier molecular flexibility index (Phi) is 6.60. The molecule has 0 heterocycles. The Morgan fingerprint density at radius 2 is 1.88 bits per heavy atom. The summed E-state index contributed by atoms with van der Waals surface area (Å²) < 4.78 is 5.09. The van der Waals surface area contributed by atoms with Crippen LogP contribution in [0.4, 0.5) is 5.69 Å². The number of amides is 1. The van der Waals surface area contributed by atoms with Crippen LogP contribution in [0.2, 0.25) is 0 Å². The van der Waals surface area contributed by atoms with Crippen LogP contribution in [-0.4, -0.2) is 25.5 Å². The maximum Gasteiger partial charge on any atom is 0.265 e. The molecule has 0 saturated heterocycles. The van der Waals surface area contributed by atoms with Crippen LogP contribution in [0.5, 0.6) is 5.75 Å². The van der Waals surface area contributed by atoms with Crippen molar-refractivity contribution >= 4 is 17.4 Å². The SMILES string of the molecule is COc1ccc(/C(N)=N/OCC(=O)Nc2c(C)cccc2C(C)C)cc1. The fourth-order valence-electron chi connectivity index (χ4n) is 2.49. The van der Waals surface area contributed by atoms with Crippen LogP contribution >= 0.6 is 0 Å². The highest BCUT2D eigenvalue weighted by Gasteiger charge is 2.12. The molecule has 2 aromatic carbocycles. The third-order valence-corrected chi connectivity index (χ3v) is 3.94. The topological polar surface area (TPSA) is 85.9 Å². The molecule has 2 aromatic rings. The lowest BCUT2D eigenvalue weighted by atomic mass is 9.98. The van der Waals surface area contributed by atoms with Gasteiger partial charge in [0, 0.05) is 11.3 Å². The Morgan fingerprint density at radius 3 is 2.50 bits per heavy atom. The number of hydrogen-bond acceptors (Lipinski definition) is 4. The van der Waals surface area contributed by atoms with Crippen molar-refractivity contribution in [1.82, 2.24) is 0 Å². The molecule has 2 rings (SSSR count). The highest BCUT2D eigenvalue weighted by atomic mass is 16.6. The first-order chi connectivity index (χ1) is 12.4. The van der Waals surface area contributed by atoms with Gasteiger partial charge in [-0.3, -0.25) is 4.79 Å². The molecule has 6 nitrogen and oxygen atoms in total. The number of methoxy groups -OCH3 is 1. The second-order valence-corrected chi connectivity index (χ2v) is 6.22. The van der Waals surface area contributed by atoms with Crippen LogP contribution in [0.15, 0.2) is 47.6 Å². The summed E-state index contributed by atoms with van der Waals surface area (Å²) in [4.78, 5) is 17.3. The zero-order valence-electron chi connectivity index (χ0n) is 15.6. The number of benzene rings is 2. The summed E-state index contributed by atoms with van der Waals surface area (Å²) in [5.74, 6) is 0.933. The number of carbonyl (C=O) groups is 1. The van der Waals surface area contributed by atoms with E-state index in [1.54, 1.807) is 31.4 Å². The number of nitrogens with one attached hydrogen (secondary N) is 1. The molecular formula is C20H25N3O3. The van der Waals surface area contributed by atoms with Crippen LogP contribution in [0.3, 0.4) is 0 Å². The molecule has 26 heavy (non-hydrogen) atoms. The molecule has 0 spiro atoms. The van der Waals surface area contributed by atoms with Crippen molar-refractivity contribution < 1.29 is 14.4 Å². The molecule has 3 N–H and O–H groups in total. The van der Waals surface area contributed by atoms with Crippen LogP contribution in [0.25, 0.3) is 0 Å². The molecule has 0 aliphatic heterocycles. The standard InChI is InChI=1S/C20H25N3O3/c1-13(2)17-7-5-6-14(3)19(17)22-18(24)12-26-23-20(21)15-8-10-16(25-4)11-9-15/h5-11,13H,12H2,1-4H3,(H2,21,23)(H,22,24). The summed E-state index contributed by atoms with van der Waals surface area (Å²) in [5, 5.41) is 6.70. The zero-order chi connectivity index (χ0) is 19.1. The lowest BCUT2D eigenvalue weighted by Gasteiger charge is -2.16. The lowest BCUT2D eigenvalue weighted by molar-refractivity contribution is -0.120. The number of nitrogens with zero attached hydrogens (tertiary/aromatic N) is 1. The van der Waals surface area contributed by atoms with Crippen molar-refractivity contribution in [2.24, 2.45) is 10.9 Å². The first kappa shape index (κ1) is 19.3. The highest BCUT2D eigenvalue weighted by molar-refractivity contribution is 5.97. The third-order valence-electron chi connectivity index (χ3n) is 3.94. The number of para-hydroxylation sites is 1. The van der Waals surface area contributed by atoms with E-state index in [1.165, 1.54) is 0 Å². The number of carbonyl (C=O) groups excluding carboxylic acids is 1. The molecule has 0 atom stereocenters. The van der Waals surface area contributed by atoms with E-state index < -0.39 is 0 Å². The van der Waals surface area contributed by atoms with E-state index in [4.69, 9.17) is 15.3 Å². The van der Waals surface area contributed by atoms with Crippen LogP contribution in [0, 0.1) is 6.92 Å². The first-order valence-corrected chi connectivity index (χ1v) is 8.41. The smallest absolute Gasteiger partial charge is 0.265 e. The second kappa shape index (κ2) is 8.89. The highest BCUT2D eigenvalue weighted by Crippen LogP contribution is 2.27. The van der Waals surface area contributed by atoms with E-state index in [9.17, 15) is 4.79 Å². The Morgan fingerprint density at radius 1 is 1.19 bits per heavy atom. The minimum atomic E-state index is -0.285. The average molecular weight is 355 g/mol. The van der Waals surface area contributed by atoms with Crippen molar-refractivity contribution in [1.29, 1.82) is 0 Å². The van der Waals surface area contributed by atoms with Crippen molar-refractivity contribution in [3.05, 3.63) is 59.2 Å². The van der Waals surface area contributed by atoms with Crippen LogP contribution in [-0.2, 0) is 9.63 Å². The number of anilines is 1. The number of hydrogen-bond donors (Lipinski definition) is 2. The average Bonchev–Trinajstić information content (AvgIpc) is 2.63. The predicted molar refractivity (Wildman–Crippen MR) is 104 cm³/mol. The van der Waals surface area contributed by atoms with Gasteiger partial charge < -0.3 is 20.6 Å². The molecule has 0 bridgehead atoms. The molecule has 1 amide bonds. The summed E-state index contributed by atoms with van der Waals surface area (Å²) >= 11 is 0. The number of ether oxygens (including phenoxy) is 1. The Labute approximate surface area is 154 Å². The molecule has 0 aromatic heterocycles. The summed E-state index contributed by atoms with van der Waals surface area (Å²) in [5.41, 5.74) is 9.46. The van der Waals surface area contributed by atoms with Gasteiger partial charge in [0.15, 0.2) is 12.4 Å². The number of aryl methyl sites for hydroxylation is 1. The molecule has 0 saturated carbocycles. The van der Waals surface area contributed by atoms with Crippen molar-refractivity contribution in [2.75, 3.05) is 19.0 Å². The predicted octanol–water partition coefficient (Wildman–Crippen LogP) is 3.40. The maximum absolute atomic E-state index is 12.2. The van der Waals surface area contributed by atoms with Gasteiger partial charge >= 0.3 is 0 Å². The molecule has 0 fully saturated rings. The Balaban J connectivity index is 1.96. The Bertz CT molecular complexity index is 783. The molecule has 0 aliphatic rings. The number of nitrogens with two attached hydrogens (primary N) is 1. The van der Waals surface area contributed by atoms with E-state index >= 15 is 0 Å². The normalized spacial score (nSPS) is 11.3. The fourth-order valence-corrected chi connectivity index (χ4v) is 2.49. The van der Waals surface area contributed by atoms with Crippen molar-refractivity contribution in [2.45, 2.75) is 26.7 Å². The molecule has 0 unspecified atom stereocenters. The van der Waals surface area contributed by atoms with Gasteiger partial charge in [-0.1, -0.05) is 37.2 Å². The monoisotopic (exact) mass is 355 g/mol.